The van der Waals surface area contributed by atoms with Crippen LogP contribution in [0.25, 0.3) is 0 Å². The molecule has 0 aromatic carbocycles. The number of hydrogen-bond acceptors (Lipinski definition) is 3. The molecule has 1 aromatic heterocycles. The van der Waals surface area contributed by atoms with E-state index in [2.05, 4.69) is 35.8 Å². The van der Waals surface area contributed by atoms with Crippen molar-refractivity contribution in [1.29, 1.82) is 0 Å². The maximum Gasteiger partial charge on any atom is 0.144 e. The van der Waals surface area contributed by atoms with Gasteiger partial charge in [-0.25, -0.2) is 9.97 Å². The van der Waals surface area contributed by atoms with Gasteiger partial charge in [0.25, 0.3) is 0 Å². The van der Waals surface area contributed by atoms with Crippen molar-refractivity contribution in [3.8, 4) is 0 Å². The summed E-state index contributed by atoms with van der Waals surface area (Å²) in [5, 5.41) is 0.527. The fourth-order valence-corrected chi connectivity index (χ4v) is 1.88. The minimum Gasteiger partial charge on any atom is -0.299 e. The summed E-state index contributed by atoms with van der Waals surface area (Å²) < 4.78 is 0. The number of aromatic nitrogens is 2. The number of halogens is 1. The van der Waals surface area contributed by atoms with Gasteiger partial charge in [0.05, 0.1) is 6.54 Å². The first-order valence-corrected chi connectivity index (χ1v) is 6.07. The van der Waals surface area contributed by atoms with Crippen molar-refractivity contribution in [2.75, 3.05) is 13.6 Å². The lowest BCUT2D eigenvalue weighted by Crippen LogP contribution is -2.24. The van der Waals surface area contributed by atoms with Gasteiger partial charge in [-0.3, -0.25) is 4.90 Å². The molecule has 0 saturated heterocycles. The van der Waals surface area contributed by atoms with E-state index in [1.54, 1.807) is 6.07 Å². The molecule has 4 heteroatoms. The minimum absolute atomic E-state index is 0.527. The SMILES string of the molecule is CCC(C)CN(C)Cc1nc(C)cc(Cl)n1. The van der Waals surface area contributed by atoms with Crippen LogP contribution in [0.15, 0.2) is 6.07 Å². The van der Waals surface area contributed by atoms with Gasteiger partial charge in [-0.15, -0.1) is 0 Å². The van der Waals surface area contributed by atoms with Crippen LogP contribution in [-0.4, -0.2) is 28.5 Å². The van der Waals surface area contributed by atoms with Crippen molar-refractivity contribution < 1.29 is 0 Å². The topological polar surface area (TPSA) is 29.0 Å². The minimum atomic E-state index is 0.527. The highest BCUT2D eigenvalue weighted by molar-refractivity contribution is 6.29. The van der Waals surface area contributed by atoms with Crippen molar-refractivity contribution >= 4 is 11.6 Å². The molecule has 0 radical (unpaired) electrons. The monoisotopic (exact) mass is 241 g/mol. The Morgan fingerprint density at radius 3 is 2.69 bits per heavy atom. The summed E-state index contributed by atoms with van der Waals surface area (Å²) in [6.45, 7) is 8.21. The summed E-state index contributed by atoms with van der Waals surface area (Å²) in [5.74, 6) is 1.50. The van der Waals surface area contributed by atoms with Crippen molar-refractivity contribution in [3.05, 3.63) is 22.7 Å². The van der Waals surface area contributed by atoms with Crippen molar-refractivity contribution in [2.45, 2.75) is 33.7 Å². The Morgan fingerprint density at radius 2 is 2.12 bits per heavy atom. The largest absolute Gasteiger partial charge is 0.299 e. The van der Waals surface area contributed by atoms with E-state index in [4.69, 9.17) is 11.6 Å². The quantitative estimate of drug-likeness (QED) is 0.743. The summed E-state index contributed by atoms with van der Waals surface area (Å²) >= 11 is 5.90. The van der Waals surface area contributed by atoms with Crippen LogP contribution < -0.4 is 0 Å². The van der Waals surface area contributed by atoms with E-state index in [1.807, 2.05) is 6.92 Å². The first-order chi connectivity index (χ1) is 7.51. The summed E-state index contributed by atoms with van der Waals surface area (Å²) in [4.78, 5) is 10.8. The van der Waals surface area contributed by atoms with Gasteiger partial charge < -0.3 is 0 Å². The van der Waals surface area contributed by atoms with Gasteiger partial charge in [-0.05, 0) is 26.0 Å². The molecule has 0 amide bonds. The van der Waals surface area contributed by atoms with Gasteiger partial charge in [0.1, 0.15) is 11.0 Å². The van der Waals surface area contributed by atoms with Crippen LogP contribution in [0.4, 0.5) is 0 Å². The third kappa shape index (κ3) is 4.45. The molecule has 0 aliphatic carbocycles. The van der Waals surface area contributed by atoms with Crippen molar-refractivity contribution in [2.24, 2.45) is 5.92 Å². The molecule has 0 bridgehead atoms. The summed E-state index contributed by atoms with van der Waals surface area (Å²) in [6.07, 6.45) is 1.19. The maximum atomic E-state index is 5.90. The zero-order chi connectivity index (χ0) is 12.1. The van der Waals surface area contributed by atoms with E-state index in [1.165, 1.54) is 6.42 Å². The smallest absolute Gasteiger partial charge is 0.144 e. The standard InChI is InChI=1S/C12H20ClN3/c1-5-9(2)7-16(4)8-12-14-10(3)6-11(13)15-12/h6,9H,5,7-8H2,1-4H3. The molecule has 16 heavy (non-hydrogen) atoms. The number of aryl methyl sites for hydroxylation is 1. The summed E-state index contributed by atoms with van der Waals surface area (Å²) in [6, 6.07) is 1.78. The van der Waals surface area contributed by atoms with Gasteiger partial charge in [0.2, 0.25) is 0 Å². The first-order valence-electron chi connectivity index (χ1n) is 5.69. The van der Waals surface area contributed by atoms with E-state index < -0.39 is 0 Å². The van der Waals surface area contributed by atoms with E-state index in [0.717, 1.165) is 24.6 Å². The lowest BCUT2D eigenvalue weighted by atomic mass is 10.1. The third-order valence-corrected chi connectivity index (χ3v) is 2.79. The molecule has 1 aromatic rings. The molecule has 1 heterocycles. The fourth-order valence-electron chi connectivity index (χ4n) is 1.63. The molecule has 1 atom stereocenters. The van der Waals surface area contributed by atoms with Crippen LogP contribution in [0.3, 0.4) is 0 Å². The fraction of sp³-hybridized carbons (Fsp3) is 0.667. The number of nitrogens with zero attached hydrogens (tertiary/aromatic N) is 3. The molecule has 0 aliphatic heterocycles. The second kappa shape index (κ2) is 6.16. The van der Waals surface area contributed by atoms with E-state index in [-0.39, 0.29) is 0 Å². The lowest BCUT2D eigenvalue weighted by molar-refractivity contribution is 0.269. The van der Waals surface area contributed by atoms with Gasteiger partial charge in [0, 0.05) is 12.2 Å². The second-order valence-corrected chi connectivity index (χ2v) is 4.85. The molecule has 90 valence electrons. The van der Waals surface area contributed by atoms with Gasteiger partial charge in [-0.2, -0.15) is 0 Å². The molecule has 1 unspecified atom stereocenters. The second-order valence-electron chi connectivity index (χ2n) is 4.46. The Hall–Kier alpha value is -0.670. The van der Waals surface area contributed by atoms with Gasteiger partial charge in [-0.1, -0.05) is 31.9 Å². The van der Waals surface area contributed by atoms with Crippen molar-refractivity contribution in [1.82, 2.24) is 14.9 Å². The van der Waals surface area contributed by atoms with Gasteiger partial charge >= 0.3 is 0 Å². The number of rotatable bonds is 5. The predicted octanol–water partition coefficient (Wildman–Crippen LogP) is 2.92. The Kier molecular flexibility index (Phi) is 5.16. The highest BCUT2D eigenvalue weighted by Gasteiger charge is 2.07. The van der Waals surface area contributed by atoms with E-state index in [9.17, 15) is 0 Å². The van der Waals surface area contributed by atoms with E-state index >= 15 is 0 Å². The van der Waals surface area contributed by atoms with Crippen LogP contribution in [0, 0.1) is 12.8 Å². The predicted molar refractivity (Wildman–Crippen MR) is 67.6 cm³/mol. The van der Waals surface area contributed by atoms with Crippen LogP contribution in [0.1, 0.15) is 31.8 Å². The van der Waals surface area contributed by atoms with Crippen LogP contribution >= 0.6 is 11.6 Å². The maximum absolute atomic E-state index is 5.90. The molecule has 1 rings (SSSR count). The first kappa shape index (κ1) is 13.4. The van der Waals surface area contributed by atoms with Gasteiger partial charge in [0.15, 0.2) is 0 Å². The van der Waals surface area contributed by atoms with Crippen LogP contribution in [0.5, 0.6) is 0 Å². The Morgan fingerprint density at radius 1 is 1.44 bits per heavy atom. The summed E-state index contributed by atoms with van der Waals surface area (Å²) in [7, 11) is 2.09. The normalized spacial score (nSPS) is 13.1. The Bertz CT molecular complexity index is 321. The number of hydrogen-bond donors (Lipinski definition) is 0. The molecular formula is C12H20ClN3. The highest BCUT2D eigenvalue weighted by atomic mass is 35.5. The summed E-state index contributed by atoms with van der Waals surface area (Å²) in [5.41, 5.74) is 0.923. The molecule has 0 spiro atoms. The molecule has 0 fully saturated rings. The Labute approximate surface area is 103 Å². The molecule has 3 nitrogen and oxygen atoms in total. The average Bonchev–Trinajstić information content (AvgIpc) is 2.15. The zero-order valence-electron chi connectivity index (χ0n) is 10.5. The van der Waals surface area contributed by atoms with E-state index in [0.29, 0.717) is 11.1 Å². The highest BCUT2D eigenvalue weighted by Crippen LogP contribution is 2.09. The van der Waals surface area contributed by atoms with Crippen LogP contribution in [-0.2, 0) is 6.54 Å². The zero-order valence-corrected chi connectivity index (χ0v) is 11.3. The average molecular weight is 242 g/mol. The molecule has 0 saturated carbocycles. The molecule has 0 aliphatic rings. The van der Waals surface area contributed by atoms with Crippen LogP contribution in [0.2, 0.25) is 5.15 Å². The molecule has 0 N–H and O–H groups in total. The van der Waals surface area contributed by atoms with Crippen molar-refractivity contribution in [3.63, 3.8) is 0 Å². The third-order valence-electron chi connectivity index (χ3n) is 2.60. The Balaban J connectivity index is 2.58. The lowest BCUT2D eigenvalue weighted by Gasteiger charge is -2.19. The molecular weight excluding hydrogens is 222 g/mol.